The Morgan fingerprint density at radius 1 is 0.623 bits per heavy atom. The predicted molar refractivity (Wildman–Crippen MR) is 190 cm³/mol. The van der Waals surface area contributed by atoms with Crippen LogP contribution in [0.1, 0.15) is 76.2 Å². The molecule has 4 aromatic heterocycles. The third kappa shape index (κ3) is 7.75. The van der Waals surface area contributed by atoms with Gasteiger partial charge in [-0.2, -0.15) is 10.2 Å². The first-order valence-electron chi connectivity index (χ1n) is 16.3. The van der Waals surface area contributed by atoms with Crippen LogP contribution in [0.2, 0.25) is 0 Å². The third-order valence-electron chi connectivity index (χ3n) is 7.74. The highest BCUT2D eigenvalue weighted by atomic mass is 19.1. The van der Waals surface area contributed by atoms with E-state index < -0.39 is 34.6 Å². The van der Waals surface area contributed by atoms with E-state index >= 15 is 17.6 Å². The van der Waals surface area contributed by atoms with Crippen molar-refractivity contribution in [2.75, 3.05) is 10.0 Å². The number of hydrogen-bond donors (Lipinski definition) is 2. The van der Waals surface area contributed by atoms with Crippen molar-refractivity contribution in [2.24, 2.45) is 0 Å². The maximum absolute atomic E-state index is 15.6. The fourth-order valence-electron chi connectivity index (χ4n) is 4.99. The van der Waals surface area contributed by atoms with E-state index in [-0.39, 0.29) is 40.7 Å². The molecule has 0 spiro atoms. The van der Waals surface area contributed by atoms with Crippen LogP contribution in [0.5, 0.6) is 0 Å². The van der Waals surface area contributed by atoms with Crippen molar-refractivity contribution < 1.29 is 31.2 Å². The average molecular weight is 730 g/mol. The predicted octanol–water partition coefficient (Wildman–Crippen LogP) is 8.87. The van der Waals surface area contributed by atoms with Crippen molar-refractivity contribution in [3.63, 3.8) is 0 Å². The number of rotatable bonds is 11. The lowest BCUT2D eigenvalue weighted by Crippen LogP contribution is -2.50. The SMILES string of the molecule is CC(C)(C)c1cnc(/C=C/c2cc(N(c3c(F)cccc3F)N(C=O)N(c3cc(/C=C/c4ncc(C(C)(C)C)o4)[nH]n3)c3c(F)cccc3F)n[nH]2)o1. The van der Waals surface area contributed by atoms with Gasteiger partial charge in [0.25, 0.3) is 0 Å². The number of halogens is 4. The number of para-hydroxylation sites is 2. The van der Waals surface area contributed by atoms with Crippen molar-refractivity contribution in [1.82, 2.24) is 35.5 Å². The Bertz CT molecular complexity index is 2100. The number of benzene rings is 2. The molecule has 2 aromatic carbocycles. The van der Waals surface area contributed by atoms with Gasteiger partial charge >= 0.3 is 0 Å². The maximum Gasteiger partial charge on any atom is 0.249 e. The normalized spacial score (nSPS) is 12.3. The Morgan fingerprint density at radius 2 is 1.00 bits per heavy atom. The standard InChI is InChI=1S/C37H35F4N9O3/c1-36(2,3)28-19-42-32(52-28)15-13-22-17-30(46-44-22)49(34-24(38)9-7-10-25(34)39)48(21-51)50(35-26(40)11-8-12-27(35)41)31-18-23(45-47-31)14-16-33-43-20-29(53-33)37(4,5)6/h7-21H,1-6H3,(H,44,46)(H,45,47)/b15-13+,16-14+. The number of aromatic nitrogens is 6. The number of nitrogens with one attached hydrogen (secondary N) is 2. The Labute approximate surface area is 301 Å². The molecule has 0 fully saturated rings. The number of anilines is 4. The lowest BCUT2D eigenvalue weighted by atomic mass is 9.94. The summed E-state index contributed by atoms with van der Waals surface area (Å²) in [4.78, 5) is 21.6. The van der Waals surface area contributed by atoms with E-state index in [0.717, 1.165) is 36.4 Å². The fraction of sp³-hybridized carbons (Fsp3) is 0.216. The minimum Gasteiger partial charge on any atom is -0.441 e. The molecule has 0 bridgehead atoms. The first kappa shape index (κ1) is 36.3. The van der Waals surface area contributed by atoms with Gasteiger partial charge in [0.05, 0.1) is 23.8 Å². The minimum absolute atomic E-state index is 0.105. The molecule has 0 aliphatic heterocycles. The van der Waals surface area contributed by atoms with Crippen molar-refractivity contribution in [3.05, 3.63) is 119 Å². The largest absolute Gasteiger partial charge is 0.441 e. The monoisotopic (exact) mass is 729 g/mol. The van der Waals surface area contributed by atoms with Crippen LogP contribution in [0, 0.1) is 23.3 Å². The highest BCUT2D eigenvalue weighted by Crippen LogP contribution is 2.38. The van der Waals surface area contributed by atoms with E-state index in [9.17, 15) is 4.79 Å². The van der Waals surface area contributed by atoms with Gasteiger partial charge in [0.2, 0.25) is 18.2 Å². The van der Waals surface area contributed by atoms with Gasteiger partial charge in [-0.15, -0.1) is 5.12 Å². The summed E-state index contributed by atoms with van der Waals surface area (Å²) in [5, 5.41) is 15.8. The van der Waals surface area contributed by atoms with Crippen molar-refractivity contribution in [3.8, 4) is 0 Å². The second-order valence-corrected chi connectivity index (χ2v) is 13.8. The van der Waals surface area contributed by atoms with Crippen LogP contribution in [-0.4, -0.2) is 41.9 Å². The number of nitrogens with zero attached hydrogens (tertiary/aromatic N) is 7. The smallest absolute Gasteiger partial charge is 0.249 e. The van der Waals surface area contributed by atoms with Gasteiger partial charge in [0, 0.05) is 35.1 Å². The molecule has 2 N–H and O–H groups in total. The first-order chi connectivity index (χ1) is 25.1. The minimum atomic E-state index is -1.12. The van der Waals surface area contributed by atoms with Gasteiger partial charge < -0.3 is 8.83 Å². The van der Waals surface area contributed by atoms with E-state index in [4.69, 9.17) is 8.83 Å². The average Bonchev–Trinajstić information content (AvgIpc) is 3.91. The lowest BCUT2D eigenvalue weighted by Gasteiger charge is -2.39. The van der Waals surface area contributed by atoms with E-state index in [0.29, 0.717) is 38.0 Å². The molecule has 0 aliphatic rings. The summed E-state index contributed by atoms with van der Waals surface area (Å²) in [6.07, 6.45) is 9.47. The van der Waals surface area contributed by atoms with Crippen molar-refractivity contribution >= 4 is 53.7 Å². The van der Waals surface area contributed by atoms with Gasteiger partial charge in [0.1, 0.15) is 22.9 Å². The second-order valence-electron chi connectivity index (χ2n) is 13.8. The zero-order chi connectivity index (χ0) is 38.1. The summed E-state index contributed by atoms with van der Waals surface area (Å²) in [5.74, 6) is -3.13. The van der Waals surface area contributed by atoms with Crippen LogP contribution < -0.4 is 10.0 Å². The van der Waals surface area contributed by atoms with Gasteiger partial charge in [-0.1, -0.05) is 53.7 Å². The number of amides is 1. The molecule has 0 radical (unpaired) electrons. The lowest BCUT2D eigenvalue weighted by molar-refractivity contribution is -0.118. The number of carbonyl (C=O) groups is 1. The summed E-state index contributed by atoms with van der Waals surface area (Å²) in [5.41, 5.74) is -1.57. The maximum atomic E-state index is 15.6. The Hall–Kier alpha value is -6.45. The molecule has 0 unspecified atom stereocenters. The fourth-order valence-corrected chi connectivity index (χ4v) is 4.99. The quantitative estimate of drug-likeness (QED) is 0.0761. The third-order valence-corrected chi connectivity index (χ3v) is 7.74. The highest BCUT2D eigenvalue weighted by molar-refractivity contribution is 5.75. The number of aromatic amines is 2. The van der Waals surface area contributed by atoms with E-state index in [1.54, 1.807) is 24.5 Å². The first-order valence-corrected chi connectivity index (χ1v) is 16.3. The molecule has 0 saturated carbocycles. The van der Waals surface area contributed by atoms with Crippen LogP contribution in [0.3, 0.4) is 0 Å². The molecule has 53 heavy (non-hydrogen) atoms. The number of hydrogen-bond acceptors (Lipinski definition) is 9. The Morgan fingerprint density at radius 3 is 1.32 bits per heavy atom. The van der Waals surface area contributed by atoms with Crippen LogP contribution >= 0.6 is 0 Å². The molecular weight excluding hydrogens is 694 g/mol. The van der Waals surface area contributed by atoms with Crippen LogP contribution in [0.4, 0.5) is 40.6 Å². The molecule has 0 aliphatic carbocycles. The molecule has 0 saturated heterocycles. The number of oxazole rings is 2. The Kier molecular flexibility index (Phi) is 9.80. The van der Waals surface area contributed by atoms with Crippen molar-refractivity contribution in [1.29, 1.82) is 0 Å². The van der Waals surface area contributed by atoms with Crippen molar-refractivity contribution in [2.45, 2.75) is 52.4 Å². The molecule has 6 aromatic rings. The van der Waals surface area contributed by atoms with Gasteiger partial charge in [0.15, 0.2) is 34.9 Å². The number of hydrazine groups is 2. The molecule has 0 atom stereocenters. The Balaban J connectivity index is 1.44. The summed E-state index contributed by atoms with van der Waals surface area (Å²) in [6.45, 7) is 11.8. The van der Waals surface area contributed by atoms with Crippen LogP contribution in [-0.2, 0) is 15.6 Å². The summed E-state index contributed by atoms with van der Waals surface area (Å²) in [6, 6.07) is 8.77. The second kappa shape index (κ2) is 14.3. The van der Waals surface area contributed by atoms with Gasteiger partial charge in [-0.3, -0.25) is 15.0 Å². The zero-order valence-electron chi connectivity index (χ0n) is 29.5. The molecule has 12 nitrogen and oxygen atoms in total. The molecule has 1 amide bonds. The summed E-state index contributed by atoms with van der Waals surface area (Å²) < 4.78 is 74.1. The number of carbonyl (C=O) groups excluding carboxylic acids is 1. The van der Waals surface area contributed by atoms with E-state index in [2.05, 4.69) is 30.4 Å². The highest BCUT2D eigenvalue weighted by Gasteiger charge is 2.35. The van der Waals surface area contributed by atoms with E-state index in [1.165, 1.54) is 24.3 Å². The van der Waals surface area contributed by atoms with Gasteiger partial charge in [-0.05, 0) is 36.4 Å². The molecule has 16 heteroatoms. The summed E-state index contributed by atoms with van der Waals surface area (Å²) >= 11 is 0. The zero-order valence-corrected chi connectivity index (χ0v) is 29.5. The molecular formula is C37H35F4N9O3. The number of H-pyrrole nitrogens is 2. The van der Waals surface area contributed by atoms with Crippen LogP contribution in [0.25, 0.3) is 24.3 Å². The topological polar surface area (TPSA) is 136 Å². The molecule has 274 valence electrons. The molecule has 4 heterocycles. The molecule has 6 rings (SSSR count). The van der Waals surface area contributed by atoms with Crippen LogP contribution in [0.15, 0.2) is 69.8 Å². The van der Waals surface area contributed by atoms with Gasteiger partial charge in [-0.25, -0.2) is 37.5 Å². The van der Waals surface area contributed by atoms with E-state index in [1.807, 2.05) is 41.5 Å². The summed E-state index contributed by atoms with van der Waals surface area (Å²) in [7, 11) is 0.